The van der Waals surface area contributed by atoms with E-state index in [1.807, 2.05) is 48.5 Å². The van der Waals surface area contributed by atoms with E-state index in [0.717, 1.165) is 58.8 Å². The fourth-order valence-corrected chi connectivity index (χ4v) is 12.6. The second-order valence-corrected chi connectivity index (χ2v) is 28.9. The number of hydrogen-bond acceptors (Lipinski definition) is 15. The van der Waals surface area contributed by atoms with Crippen LogP contribution in [0, 0.1) is 0 Å². The molecule has 3 aromatic rings. The average molecular weight is 1250 g/mol. The third kappa shape index (κ3) is 18.8. The van der Waals surface area contributed by atoms with E-state index in [9.17, 15) is 50.5 Å². The zero-order valence-corrected chi connectivity index (χ0v) is 53.5. The van der Waals surface area contributed by atoms with Crippen LogP contribution in [-0.2, 0) is 61.2 Å². The van der Waals surface area contributed by atoms with Crippen molar-refractivity contribution >= 4 is 55.5 Å². The van der Waals surface area contributed by atoms with Crippen molar-refractivity contribution < 1.29 is 78.8 Å². The molecule has 0 spiro atoms. The third-order valence-corrected chi connectivity index (χ3v) is 17.4. The molecule has 3 aromatic carbocycles. The fraction of sp³-hybridized carbons (Fsp3) is 0.538. The highest BCUT2D eigenvalue weighted by Gasteiger charge is 2.49. The number of carbonyl (C=O) groups excluding carboxylic acids is 3. The summed E-state index contributed by atoms with van der Waals surface area (Å²) in [6.07, 6.45) is 6.30. The van der Waals surface area contributed by atoms with Gasteiger partial charge in [0.25, 0.3) is 20.2 Å². The van der Waals surface area contributed by atoms with Gasteiger partial charge in [-0.05, 0) is 159 Å². The van der Waals surface area contributed by atoms with Gasteiger partial charge in [0.2, 0.25) is 17.9 Å². The number of aryl methyl sites for hydroxylation is 1. The van der Waals surface area contributed by atoms with E-state index in [2.05, 4.69) is 96.4 Å². The molecule has 0 aromatic heterocycles. The number of hydrogen-bond donors (Lipinski definition) is 6. The minimum atomic E-state index is -4.06. The van der Waals surface area contributed by atoms with Crippen LogP contribution in [0.4, 0.5) is 21.0 Å². The molecule has 20 nitrogen and oxygen atoms in total. The van der Waals surface area contributed by atoms with Crippen molar-refractivity contribution in [3.05, 3.63) is 136 Å². The van der Waals surface area contributed by atoms with E-state index >= 15 is 0 Å². The minimum absolute atomic E-state index is 0.0380. The molecule has 2 amide bonds. The van der Waals surface area contributed by atoms with Crippen molar-refractivity contribution in [3.8, 4) is 5.75 Å². The van der Waals surface area contributed by atoms with Crippen LogP contribution >= 0.6 is 0 Å². The van der Waals surface area contributed by atoms with E-state index in [-0.39, 0.29) is 35.3 Å². The van der Waals surface area contributed by atoms with Gasteiger partial charge in [0.05, 0.1) is 16.9 Å². The topological polar surface area (TPSA) is 277 Å². The molecule has 87 heavy (non-hydrogen) atoms. The van der Waals surface area contributed by atoms with Crippen LogP contribution in [0.1, 0.15) is 150 Å². The first-order valence-electron chi connectivity index (χ1n) is 30.0. The number of nitrogens with one attached hydrogen (secondary N) is 2. The molecule has 5 atom stereocenters. The molecule has 1 saturated heterocycles. The number of amides is 2. The summed E-state index contributed by atoms with van der Waals surface area (Å²) in [5.41, 5.74) is 6.85. The first-order valence-corrected chi connectivity index (χ1v) is 33.2. The third-order valence-electron chi connectivity index (χ3n) is 15.8. The highest BCUT2D eigenvalue weighted by Crippen LogP contribution is 2.48. The maximum Gasteiger partial charge on any atom is 0.511 e. The van der Waals surface area contributed by atoms with Gasteiger partial charge in [-0.1, -0.05) is 74.9 Å². The number of benzene rings is 3. The molecule has 7 rings (SSSR count). The standard InChI is InChI=1S/C65H88N4O16S2/c1-62(2,3)84-60(73)67-55-57(72)56(71)51(82-59(55)83-61(74)85-63(4,5)6)42-66-54(70)37-30-43-28-33-46(34-29-43)81-58-44(31-35-52-64(7,8)47-24-13-15-26-49(47)68(52)38-17-11-19-40-86(75,76)77)22-21-23-45(58)32-36-53-65(9,10)48-25-14-16-27-50(48)69(53)39-18-12-20-41-87(78,79)80/h13-16,24-29,31-36,51,55-57,59,71-72H,11-12,17-23,30,37-42H2,1-10H3,(H3-,66,67,70,73,75,76,77,78,79,80)/p+1/t51-,55-,56-,57-,59+/m1/s1. The quantitative estimate of drug-likeness (QED) is 0.0210. The smallest absolute Gasteiger partial charge is 0.457 e. The van der Waals surface area contributed by atoms with Crippen molar-refractivity contribution in [1.29, 1.82) is 0 Å². The number of para-hydroxylation sites is 2. The largest absolute Gasteiger partial charge is 0.511 e. The normalized spacial score (nSPS) is 22.1. The van der Waals surface area contributed by atoms with Crippen LogP contribution in [0.15, 0.2) is 120 Å². The molecular formula is C65H89N4O16S2+. The number of nitrogens with zero attached hydrogens (tertiary/aromatic N) is 2. The minimum Gasteiger partial charge on any atom is -0.457 e. The van der Waals surface area contributed by atoms with Gasteiger partial charge in [-0.15, -0.1) is 0 Å². The Balaban J connectivity index is 1.13. The Morgan fingerprint density at radius 3 is 2.03 bits per heavy atom. The van der Waals surface area contributed by atoms with Gasteiger partial charge in [-0.3, -0.25) is 13.9 Å². The van der Waals surface area contributed by atoms with Gasteiger partial charge in [0.15, 0.2) is 5.71 Å². The molecule has 0 unspecified atom stereocenters. The van der Waals surface area contributed by atoms with Gasteiger partial charge in [0.1, 0.15) is 53.6 Å². The number of anilines is 1. The molecule has 0 radical (unpaired) electrons. The summed E-state index contributed by atoms with van der Waals surface area (Å²) >= 11 is 0. The monoisotopic (exact) mass is 1250 g/mol. The molecule has 0 saturated carbocycles. The molecule has 4 aliphatic rings. The van der Waals surface area contributed by atoms with E-state index in [4.69, 9.17) is 23.7 Å². The Kier molecular flexibility index (Phi) is 22.2. The van der Waals surface area contributed by atoms with E-state index < -0.39 is 80.2 Å². The van der Waals surface area contributed by atoms with Gasteiger partial charge in [0, 0.05) is 60.4 Å². The Morgan fingerprint density at radius 1 is 0.747 bits per heavy atom. The molecule has 3 heterocycles. The van der Waals surface area contributed by atoms with E-state index in [1.165, 1.54) is 11.1 Å². The van der Waals surface area contributed by atoms with Crippen LogP contribution in [0.3, 0.4) is 0 Å². The molecule has 6 N–H and O–H groups in total. The van der Waals surface area contributed by atoms with Gasteiger partial charge in [-0.2, -0.15) is 21.4 Å². The van der Waals surface area contributed by atoms with E-state index in [1.54, 1.807) is 41.5 Å². The molecule has 1 aliphatic carbocycles. The summed E-state index contributed by atoms with van der Waals surface area (Å²) in [6, 6.07) is 22.7. The zero-order valence-electron chi connectivity index (χ0n) is 51.8. The van der Waals surface area contributed by atoms with Crippen molar-refractivity contribution in [1.82, 2.24) is 10.6 Å². The summed E-state index contributed by atoms with van der Waals surface area (Å²) in [6.45, 7) is 19.6. The molecule has 476 valence electrons. The lowest BCUT2D eigenvalue weighted by atomic mass is 9.81. The molecule has 1 fully saturated rings. The second-order valence-electron chi connectivity index (χ2n) is 25.8. The average Bonchev–Trinajstić information content (AvgIpc) is 1.64. The first-order chi connectivity index (χ1) is 40.7. The summed E-state index contributed by atoms with van der Waals surface area (Å²) in [7, 11) is -8.12. The number of rotatable bonds is 24. The highest BCUT2D eigenvalue weighted by molar-refractivity contribution is 7.86. The summed E-state index contributed by atoms with van der Waals surface area (Å²) in [5.74, 6) is 0.321. The number of alkyl carbamates (subject to hydrolysis) is 1. The Hall–Kier alpha value is -6.40. The second kappa shape index (κ2) is 28.4. The lowest BCUT2D eigenvalue weighted by Gasteiger charge is -2.42. The lowest BCUT2D eigenvalue weighted by Crippen LogP contribution is -2.66. The number of fused-ring (bicyclic) bond motifs is 2. The Labute approximate surface area is 513 Å². The maximum absolute atomic E-state index is 13.4. The first kappa shape index (κ1) is 68.1. The van der Waals surface area contributed by atoms with Crippen LogP contribution in [0.2, 0.25) is 0 Å². The molecule has 3 aliphatic heterocycles. The van der Waals surface area contributed by atoms with Crippen LogP contribution in [0.5, 0.6) is 5.75 Å². The number of allylic oxidation sites excluding steroid dienone is 7. The SMILES string of the molecule is CC(C)(C)OC(=O)N[C@H]1[C@H](OC(=O)OC(C)(C)C)O[C@H](CNC(=O)CCc2ccc(OC3=C(C=CC4=[N+](CCCCCS(=O)(=O)O)c5ccccc5C4(C)C)CCCC3=CC=C3N(CCCCCS(=O)(=O)O)c4ccccc4C3(C)C)cc2)[C@@H](O)[C@@H]1O. The van der Waals surface area contributed by atoms with Crippen LogP contribution in [-0.4, -0.2) is 138 Å². The van der Waals surface area contributed by atoms with Crippen LogP contribution in [0.25, 0.3) is 0 Å². The van der Waals surface area contributed by atoms with Crippen LogP contribution < -0.4 is 20.3 Å². The summed E-state index contributed by atoms with van der Waals surface area (Å²) < 4.78 is 96.0. The van der Waals surface area contributed by atoms with Gasteiger partial charge < -0.3 is 49.4 Å². The highest BCUT2D eigenvalue weighted by atomic mass is 32.2. The predicted molar refractivity (Wildman–Crippen MR) is 332 cm³/mol. The molecule has 22 heteroatoms. The lowest BCUT2D eigenvalue weighted by molar-refractivity contribution is -0.438. The molecule has 0 bridgehead atoms. The Bertz CT molecular complexity index is 3350. The fourth-order valence-electron chi connectivity index (χ4n) is 11.5. The predicted octanol–water partition coefficient (Wildman–Crippen LogP) is 10.2. The van der Waals surface area contributed by atoms with Gasteiger partial charge >= 0.3 is 12.2 Å². The van der Waals surface area contributed by atoms with Gasteiger partial charge in [-0.25, -0.2) is 9.59 Å². The maximum atomic E-state index is 13.4. The number of ether oxygens (including phenoxy) is 5. The summed E-state index contributed by atoms with van der Waals surface area (Å²) in [4.78, 5) is 41.2. The van der Waals surface area contributed by atoms with E-state index in [0.29, 0.717) is 69.5 Å². The van der Waals surface area contributed by atoms with Crippen molar-refractivity contribution in [3.63, 3.8) is 0 Å². The van der Waals surface area contributed by atoms with Crippen molar-refractivity contribution in [2.75, 3.05) is 36.0 Å². The van der Waals surface area contributed by atoms with Crippen molar-refractivity contribution in [2.45, 2.75) is 193 Å². The number of aliphatic hydroxyl groups excluding tert-OH is 2. The Morgan fingerprint density at radius 2 is 1.38 bits per heavy atom. The number of unbranched alkanes of at least 4 members (excludes halogenated alkanes) is 4. The number of aliphatic hydroxyl groups is 2. The molecular weight excluding hydrogens is 1160 g/mol. The number of carbonyl (C=O) groups is 3. The van der Waals surface area contributed by atoms with Crippen molar-refractivity contribution in [2.24, 2.45) is 0 Å². The zero-order chi connectivity index (χ0) is 63.7. The summed E-state index contributed by atoms with van der Waals surface area (Å²) in [5, 5.41) is 27.5.